The minimum Gasteiger partial charge on any atom is -0.496 e. The van der Waals surface area contributed by atoms with Crippen LogP contribution in [0.2, 0.25) is 0 Å². The average Bonchev–Trinajstić information content (AvgIpc) is 3.61. The lowest BCUT2D eigenvalue weighted by atomic mass is 10.1. The third-order valence-electron chi connectivity index (χ3n) is 12.7. The predicted octanol–water partition coefficient (Wildman–Crippen LogP) is -0.426. The van der Waals surface area contributed by atoms with E-state index in [0.29, 0.717) is 19.4 Å². The molecule has 0 aromatic heterocycles. The number of amides is 8. The van der Waals surface area contributed by atoms with Crippen molar-refractivity contribution in [1.82, 2.24) is 16.0 Å². The highest BCUT2D eigenvalue weighted by atomic mass is 16.5. The molecule has 0 bridgehead atoms. The van der Waals surface area contributed by atoms with Crippen molar-refractivity contribution in [3.63, 3.8) is 0 Å². The van der Waals surface area contributed by atoms with Crippen molar-refractivity contribution in [2.45, 2.75) is 75.9 Å². The molecule has 88 heavy (non-hydrogen) atoms. The van der Waals surface area contributed by atoms with Gasteiger partial charge in [-0.25, -0.2) is 0 Å². The van der Waals surface area contributed by atoms with Gasteiger partial charge in [0.25, 0.3) is 23.6 Å². The molecule has 4 aromatic carbocycles. The topological polar surface area (TPSA) is 541 Å². The summed E-state index contributed by atoms with van der Waals surface area (Å²) in [5, 5.41) is 19.0. The lowest BCUT2D eigenvalue weighted by molar-refractivity contribution is -0.118. The number of nitrogens with one attached hydrogen (secondary N) is 7. The quantitative estimate of drug-likeness (QED) is 0.0158. The number of anilines is 4. The number of unbranched alkanes of at least 4 members (excludes halogenated alkanes) is 1. The fourth-order valence-electron chi connectivity index (χ4n) is 8.41. The van der Waals surface area contributed by atoms with Crippen molar-refractivity contribution in [3.8, 4) is 23.0 Å². The molecule has 32 nitrogen and oxygen atoms in total. The molecule has 0 radical (unpaired) electrons. The van der Waals surface area contributed by atoms with Crippen LogP contribution in [0.1, 0.15) is 99.2 Å². The van der Waals surface area contributed by atoms with E-state index in [2.05, 4.69) is 57.2 Å². The highest BCUT2D eigenvalue weighted by Crippen LogP contribution is 2.28. The Morgan fingerprint density at radius 1 is 0.375 bits per heavy atom. The van der Waals surface area contributed by atoms with Crippen LogP contribution in [0.4, 0.5) is 22.7 Å². The minimum atomic E-state index is -1.31. The van der Waals surface area contributed by atoms with Crippen LogP contribution in [-0.4, -0.2) is 144 Å². The summed E-state index contributed by atoms with van der Waals surface area (Å²) in [6.07, 6.45) is 1.81. The summed E-state index contributed by atoms with van der Waals surface area (Å²) in [5.41, 5.74) is 49.8. The first-order chi connectivity index (χ1) is 42.0. The van der Waals surface area contributed by atoms with Gasteiger partial charge in [0.1, 0.15) is 41.1 Å². The molecule has 474 valence electrons. The van der Waals surface area contributed by atoms with Gasteiger partial charge in [0.2, 0.25) is 23.6 Å². The Kier molecular flexibility index (Phi) is 27.8. The summed E-state index contributed by atoms with van der Waals surface area (Å²) in [6.45, 7) is 0.620. The van der Waals surface area contributed by atoms with Gasteiger partial charge in [0.05, 0.1) is 50.7 Å². The number of ether oxygens (including phenoxy) is 4. The number of primary amides is 1. The molecule has 0 aliphatic rings. The number of carbonyl (C=O) groups is 8. The Balaban J connectivity index is 1.60. The molecular weight excluding hydrogens is 1140 g/mol. The number of hydrogen-bond donors (Lipinski definition) is 16. The van der Waals surface area contributed by atoms with Gasteiger partial charge < -0.3 is 108 Å². The number of carbonyl (C=O) groups excluding carboxylic acids is 8. The number of methoxy groups -OCH3 is 4. The first-order valence-electron chi connectivity index (χ1n) is 27.4. The Hall–Kier alpha value is -11.1. The van der Waals surface area contributed by atoms with Crippen LogP contribution >= 0.6 is 0 Å². The Labute approximate surface area is 507 Å². The lowest BCUT2D eigenvalue weighted by Gasteiger charge is -2.21. The highest BCUT2D eigenvalue weighted by Gasteiger charge is 2.29. The fourth-order valence-corrected chi connectivity index (χ4v) is 8.41. The van der Waals surface area contributed by atoms with Gasteiger partial charge in [-0.3, -0.25) is 58.3 Å². The van der Waals surface area contributed by atoms with Crippen molar-refractivity contribution in [1.29, 1.82) is 0 Å². The maximum atomic E-state index is 14.4. The smallest absolute Gasteiger partial charge is 0.255 e. The number of hydrogen-bond acceptors (Lipinski definition) is 16. The average molecular weight is 1220 g/mol. The van der Waals surface area contributed by atoms with Crippen molar-refractivity contribution in [2.75, 3.05) is 75.9 Å². The molecule has 0 aliphatic carbocycles. The van der Waals surface area contributed by atoms with Gasteiger partial charge in [-0.2, -0.15) is 0 Å². The van der Waals surface area contributed by atoms with Crippen LogP contribution in [0.5, 0.6) is 23.0 Å². The molecule has 0 unspecified atom stereocenters. The molecule has 4 rings (SSSR count). The summed E-state index contributed by atoms with van der Waals surface area (Å²) in [4.78, 5) is 126. The van der Waals surface area contributed by atoms with E-state index in [9.17, 15) is 38.4 Å². The predicted molar refractivity (Wildman–Crippen MR) is 333 cm³/mol. The Bertz CT molecular complexity index is 3250. The molecular formula is C56H78N20O12. The first kappa shape index (κ1) is 69.4. The van der Waals surface area contributed by atoms with Gasteiger partial charge >= 0.3 is 0 Å². The van der Waals surface area contributed by atoms with E-state index >= 15 is 0 Å². The van der Waals surface area contributed by atoms with Gasteiger partial charge in [-0.15, -0.1) is 0 Å². The molecule has 0 saturated heterocycles. The number of rotatable bonds is 35. The molecule has 0 aliphatic heterocycles. The van der Waals surface area contributed by atoms with Gasteiger partial charge in [-0.05, 0) is 124 Å². The Morgan fingerprint density at radius 2 is 0.648 bits per heavy atom. The zero-order chi connectivity index (χ0) is 64.9. The summed E-state index contributed by atoms with van der Waals surface area (Å²) in [7, 11) is 5.30. The van der Waals surface area contributed by atoms with E-state index in [1.165, 1.54) is 95.2 Å². The standard InChI is InChI=1S/C56H78N20O12/c1-85-41-18-15-31(26-34(41)46(57)78)71-50(82)38(10-7-23-67-54(60)61)75-48(80)36-28-33(17-20-43(36)87-3)73-52(84)40(12-9-25-69-56(64)65)76-49(81)37-29-32(16-21-44(37)88-4)72-51(83)39(11-8-24-68-55(62)63)74-47(79)35-27-30(14-19-42(35)86-2)70-45(77)13-5-6-22-66-53(58)59/h14-21,26-29,38-40H,5-13,22-25H2,1-4H3,(H2,57,78)(H,70,77)(H,71,82)(H,72,83)(H,73,84)(H,74,79)(H,75,80)(H,76,81)(H4,58,59,66)(H4,60,61,67)(H4,62,63,68)(H4,64,65,69)/t38-,39-,40-/m1/s1. The molecule has 0 saturated carbocycles. The van der Waals surface area contributed by atoms with Crippen molar-refractivity contribution >= 4 is 93.8 Å². The molecule has 0 fully saturated rings. The number of benzene rings is 4. The molecule has 25 N–H and O–H groups in total. The molecule has 4 aromatic rings. The van der Waals surface area contributed by atoms with Crippen molar-refractivity contribution < 1.29 is 57.3 Å². The maximum absolute atomic E-state index is 14.4. The zero-order valence-electron chi connectivity index (χ0n) is 49.2. The van der Waals surface area contributed by atoms with Gasteiger partial charge in [0.15, 0.2) is 23.8 Å². The largest absolute Gasteiger partial charge is 0.496 e. The number of nitrogens with two attached hydrogens (primary N) is 9. The van der Waals surface area contributed by atoms with Crippen LogP contribution < -0.4 is 108 Å². The summed E-state index contributed by atoms with van der Waals surface area (Å²) in [5.74, 6) is -5.93. The molecule has 0 heterocycles. The van der Waals surface area contributed by atoms with Gasteiger partial charge in [-0.1, -0.05) is 0 Å². The second-order valence-corrected chi connectivity index (χ2v) is 19.2. The van der Waals surface area contributed by atoms with Gasteiger partial charge in [0, 0.05) is 55.3 Å². The van der Waals surface area contributed by atoms with E-state index in [0.717, 1.165) is 0 Å². The highest BCUT2D eigenvalue weighted by molar-refractivity contribution is 6.07. The van der Waals surface area contributed by atoms with E-state index in [4.69, 9.17) is 70.6 Å². The summed E-state index contributed by atoms with van der Waals surface area (Å²) in [6, 6.07) is 13.1. The van der Waals surface area contributed by atoms with Crippen LogP contribution in [0.3, 0.4) is 0 Å². The molecule has 32 heteroatoms. The van der Waals surface area contributed by atoms with Crippen LogP contribution in [0, 0.1) is 0 Å². The van der Waals surface area contributed by atoms with E-state index in [-0.39, 0.29) is 162 Å². The summed E-state index contributed by atoms with van der Waals surface area (Å²) < 4.78 is 21.7. The first-order valence-corrected chi connectivity index (χ1v) is 27.4. The molecule has 8 amide bonds. The van der Waals surface area contributed by atoms with E-state index in [1.807, 2.05) is 0 Å². The normalized spacial score (nSPS) is 11.5. The Morgan fingerprint density at radius 3 is 0.932 bits per heavy atom. The SMILES string of the molecule is COc1ccc(NC(=O)[C@@H](CCCN=C(N)N)NC(=O)c2cc(NC(=O)[C@@H](CCCN=C(N)N)NC(=O)c3cc(NC(=O)[C@@H](CCCN=C(N)N)NC(=O)c4cc(NC(=O)CCCCN=C(N)N)ccc4OC)ccc3OC)ccc2OC)cc1C(N)=O. The fraction of sp³-hybridized carbons (Fsp3) is 0.357. The number of aliphatic imine (C=N–C) groups is 4. The second-order valence-electron chi connectivity index (χ2n) is 19.2. The van der Waals surface area contributed by atoms with Crippen LogP contribution in [-0.2, 0) is 19.2 Å². The second kappa shape index (κ2) is 35.3. The van der Waals surface area contributed by atoms with Crippen molar-refractivity contribution in [2.24, 2.45) is 71.6 Å². The number of nitrogens with zero attached hydrogens (tertiary/aromatic N) is 4. The van der Waals surface area contributed by atoms with Crippen LogP contribution in [0.15, 0.2) is 92.8 Å². The molecule has 3 atom stereocenters. The van der Waals surface area contributed by atoms with E-state index in [1.54, 1.807) is 6.07 Å². The maximum Gasteiger partial charge on any atom is 0.255 e. The lowest BCUT2D eigenvalue weighted by Crippen LogP contribution is -2.44. The molecule has 0 spiro atoms. The minimum absolute atomic E-state index is 0.00922. The third kappa shape index (κ3) is 22.8. The van der Waals surface area contributed by atoms with Crippen LogP contribution in [0.25, 0.3) is 0 Å². The van der Waals surface area contributed by atoms with Crippen molar-refractivity contribution in [3.05, 3.63) is 95.1 Å². The zero-order valence-corrected chi connectivity index (χ0v) is 49.2. The monoisotopic (exact) mass is 1220 g/mol. The number of guanidine groups is 4. The van der Waals surface area contributed by atoms with E-state index < -0.39 is 59.5 Å². The third-order valence-corrected chi connectivity index (χ3v) is 12.7. The summed E-state index contributed by atoms with van der Waals surface area (Å²) >= 11 is 0.